The number of pyridine rings is 1. The van der Waals surface area contributed by atoms with E-state index < -0.39 is 6.61 Å². The third-order valence-electron chi connectivity index (χ3n) is 5.17. The number of carbonyl (C=O) groups is 1. The fourth-order valence-corrected chi connectivity index (χ4v) is 3.59. The smallest absolute Gasteiger partial charge is 0.387 e. The SMILES string of the molecule is CCOc1cc(CNC(=O)NCc2ccnc(N3CCCCCC3)c2)ccc1OC(F)F. The summed E-state index contributed by atoms with van der Waals surface area (Å²) in [4.78, 5) is 19.0. The molecule has 0 unspecified atom stereocenters. The number of anilines is 1. The molecule has 0 radical (unpaired) electrons. The monoisotopic (exact) mass is 448 g/mol. The molecule has 1 aliphatic rings. The van der Waals surface area contributed by atoms with Gasteiger partial charge >= 0.3 is 12.6 Å². The minimum atomic E-state index is -2.93. The van der Waals surface area contributed by atoms with E-state index >= 15 is 0 Å². The molecule has 0 bridgehead atoms. The van der Waals surface area contributed by atoms with Gasteiger partial charge in [0.1, 0.15) is 5.82 Å². The van der Waals surface area contributed by atoms with E-state index in [-0.39, 0.29) is 24.1 Å². The van der Waals surface area contributed by atoms with Crippen molar-refractivity contribution in [2.24, 2.45) is 0 Å². The summed E-state index contributed by atoms with van der Waals surface area (Å²) < 4.78 is 34.9. The molecule has 32 heavy (non-hydrogen) atoms. The van der Waals surface area contributed by atoms with Gasteiger partial charge in [0.05, 0.1) is 6.61 Å². The van der Waals surface area contributed by atoms with E-state index in [2.05, 4.69) is 25.3 Å². The van der Waals surface area contributed by atoms with Crippen LogP contribution in [0.4, 0.5) is 19.4 Å². The fourth-order valence-electron chi connectivity index (χ4n) is 3.59. The van der Waals surface area contributed by atoms with Crippen molar-refractivity contribution < 1.29 is 23.0 Å². The Morgan fingerprint density at radius 3 is 2.38 bits per heavy atom. The van der Waals surface area contributed by atoms with Crippen molar-refractivity contribution in [2.45, 2.75) is 52.3 Å². The molecule has 1 saturated heterocycles. The Bertz CT molecular complexity index is 874. The average molecular weight is 449 g/mol. The molecule has 0 atom stereocenters. The summed E-state index contributed by atoms with van der Waals surface area (Å²) in [7, 11) is 0. The molecular formula is C23H30F2N4O3. The summed E-state index contributed by atoms with van der Waals surface area (Å²) in [5, 5.41) is 5.60. The molecule has 2 N–H and O–H groups in total. The molecule has 7 nitrogen and oxygen atoms in total. The Kier molecular flexibility index (Phi) is 8.89. The van der Waals surface area contributed by atoms with Gasteiger partial charge in [-0.3, -0.25) is 0 Å². The number of alkyl halides is 2. The first-order chi connectivity index (χ1) is 15.5. The van der Waals surface area contributed by atoms with Crippen LogP contribution in [0.15, 0.2) is 36.5 Å². The predicted octanol–water partition coefficient (Wildman–Crippen LogP) is 4.46. The van der Waals surface area contributed by atoms with Crippen LogP contribution in [-0.4, -0.2) is 37.3 Å². The summed E-state index contributed by atoms with van der Waals surface area (Å²) in [6, 6.07) is 8.17. The predicted molar refractivity (Wildman–Crippen MR) is 118 cm³/mol. The number of hydrogen-bond acceptors (Lipinski definition) is 5. The van der Waals surface area contributed by atoms with Crippen molar-refractivity contribution in [2.75, 3.05) is 24.6 Å². The van der Waals surface area contributed by atoms with Crippen LogP contribution in [0.5, 0.6) is 11.5 Å². The molecule has 1 fully saturated rings. The minimum absolute atomic E-state index is 0.0343. The van der Waals surface area contributed by atoms with Crippen molar-refractivity contribution in [3.8, 4) is 11.5 Å². The lowest BCUT2D eigenvalue weighted by Crippen LogP contribution is -2.34. The Labute approximate surface area is 187 Å². The second-order valence-corrected chi connectivity index (χ2v) is 7.55. The van der Waals surface area contributed by atoms with E-state index in [0.29, 0.717) is 18.7 Å². The lowest BCUT2D eigenvalue weighted by atomic mass is 10.2. The first-order valence-electron chi connectivity index (χ1n) is 11.0. The lowest BCUT2D eigenvalue weighted by molar-refractivity contribution is -0.0514. The van der Waals surface area contributed by atoms with Crippen molar-refractivity contribution in [1.82, 2.24) is 15.6 Å². The van der Waals surface area contributed by atoms with E-state index in [4.69, 9.17) is 4.74 Å². The Morgan fingerprint density at radius 1 is 1.03 bits per heavy atom. The van der Waals surface area contributed by atoms with Crippen molar-refractivity contribution in [1.29, 1.82) is 0 Å². The van der Waals surface area contributed by atoms with Gasteiger partial charge in [0.2, 0.25) is 0 Å². The van der Waals surface area contributed by atoms with E-state index in [1.807, 2.05) is 12.1 Å². The maximum absolute atomic E-state index is 12.5. The highest BCUT2D eigenvalue weighted by Crippen LogP contribution is 2.29. The average Bonchev–Trinajstić information content (AvgIpc) is 3.07. The van der Waals surface area contributed by atoms with Gasteiger partial charge in [-0.05, 0) is 55.2 Å². The van der Waals surface area contributed by atoms with Gasteiger partial charge < -0.3 is 25.0 Å². The molecule has 2 amide bonds. The number of nitrogens with one attached hydrogen (secondary N) is 2. The van der Waals surface area contributed by atoms with Crippen LogP contribution in [0.2, 0.25) is 0 Å². The van der Waals surface area contributed by atoms with Gasteiger partial charge in [-0.2, -0.15) is 8.78 Å². The van der Waals surface area contributed by atoms with E-state index in [0.717, 1.165) is 24.5 Å². The zero-order valence-corrected chi connectivity index (χ0v) is 18.3. The summed E-state index contributed by atoms with van der Waals surface area (Å²) in [5.41, 5.74) is 1.68. The topological polar surface area (TPSA) is 75.7 Å². The molecule has 1 aromatic carbocycles. The minimum Gasteiger partial charge on any atom is -0.490 e. The Hall–Kier alpha value is -3.10. The number of hydrogen-bond donors (Lipinski definition) is 2. The fraction of sp³-hybridized carbons (Fsp3) is 0.478. The van der Waals surface area contributed by atoms with E-state index in [1.165, 1.54) is 31.7 Å². The lowest BCUT2D eigenvalue weighted by Gasteiger charge is -2.21. The van der Waals surface area contributed by atoms with E-state index in [9.17, 15) is 13.6 Å². The molecule has 1 aliphatic heterocycles. The molecule has 0 spiro atoms. The first-order valence-corrected chi connectivity index (χ1v) is 11.0. The van der Waals surface area contributed by atoms with Crippen LogP contribution in [0.25, 0.3) is 0 Å². The summed E-state index contributed by atoms with van der Waals surface area (Å²) >= 11 is 0. The quantitative estimate of drug-likeness (QED) is 0.592. The van der Waals surface area contributed by atoms with Crippen LogP contribution in [0.1, 0.15) is 43.7 Å². The number of benzene rings is 1. The summed E-state index contributed by atoms with van der Waals surface area (Å²) in [6.07, 6.45) is 6.63. The third-order valence-corrected chi connectivity index (χ3v) is 5.17. The molecule has 2 heterocycles. The highest BCUT2D eigenvalue weighted by molar-refractivity contribution is 5.73. The number of carbonyl (C=O) groups excluding carboxylic acids is 1. The normalized spacial score (nSPS) is 14.1. The molecule has 0 aliphatic carbocycles. The number of aromatic nitrogens is 1. The standard InChI is InChI=1S/C23H30F2N4O3/c1-2-31-20-13-17(7-8-19(20)32-22(24)25)15-27-23(30)28-16-18-9-10-26-21(14-18)29-11-5-3-4-6-12-29/h7-10,13-14,22H,2-6,11-12,15-16H2,1H3,(H2,27,28,30). The number of urea groups is 1. The summed E-state index contributed by atoms with van der Waals surface area (Å²) in [5.74, 6) is 1.12. The molecule has 2 aromatic rings. The second-order valence-electron chi connectivity index (χ2n) is 7.55. The van der Waals surface area contributed by atoms with E-state index in [1.54, 1.807) is 25.3 Å². The van der Waals surface area contributed by atoms with Crippen LogP contribution in [-0.2, 0) is 13.1 Å². The molecule has 174 valence electrons. The highest BCUT2D eigenvalue weighted by Gasteiger charge is 2.13. The van der Waals surface area contributed by atoms with Crippen molar-refractivity contribution >= 4 is 11.8 Å². The molecule has 9 heteroatoms. The van der Waals surface area contributed by atoms with Gasteiger partial charge in [-0.1, -0.05) is 18.9 Å². The molecule has 3 rings (SSSR count). The molecular weight excluding hydrogens is 418 g/mol. The van der Waals surface area contributed by atoms with Gasteiger partial charge in [-0.15, -0.1) is 0 Å². The number of halogens is 2. The second kappa shape index (κ2) is 12.1. The van der Waals surface area contributed by atoms with Crippen LogP contribution >= 0.6 is 0 Å². The zero-order chi connectivity index (χ0) is 22.8. The van der Waals surface area contributed by atoms with Gasteiger partial charge in [0.25, 0.3) is 0 Å². The third kappa shape index (κ3) is 7.25. The number of rotatable bonds is 9. The highest BCUT2D eigenvalue weighted by atomic mass is 19.3. The zero-order valence-electron chi connectivity index (χ0n) is 18.3. The van der Waals surface area contributed by atoms with Crippen LogP contribution < -0.4 is 25.0 Å². The molecule has 1 aromatic heterocycles. The number of ether oxygens (including phenoxy) is 2. The largest absolute Gasteiger partial charge is 0.490 e. The summed E-state index contributed by atoms with van der Waals surface area (Å²) in [6.45, 7) is 1.74. The number of amides is 2. The van der Waals surface area contributed by atoms with Crippen LogP contribution in [0, 0.1) is 0 Å². The van der Waals surface area contributed by atoms with Crippen molar-refractivity contribution in [3.05, 3.63) is 47.7 Å². The molecule has 0 saturated carbocycles. The maximum atomic E-state index is 12.5. The Morgan fingerprint density at radius 2 is 1.72 bits per heavy atom. The van der Waals surface area contributed by atoms with Crippen LogP contribution in [0.3, 0.4) is 0 Å². The number of nitrogens with zero attached hydrogens (tertiary/aromatic N) is 2. The van der Waals surface area contributed by atoms with Gasteiger partial charge in [0, 0.05) is 32.4 Å². The maximum Gasteiger partial charge on any atom is 0.387 e. The van der Waals surface area contributed by atoms with Gasteiger partial charge in [0.15, 0.2) is 11.5 Å². The van der Waals surface area contributed by atoms with Gasteiger partial charge in [-0.25, -0.2) is 9.78 Å². The van der Waals surface area contributed by atoms with Crippen molar-refractivity contribution in [3.63, 3.8) is 0 Å². The Balaban J connectivity index is 1.51. The first kappa shape index (κ1) is 23.6.